The highest BCUT2D eigenvalue weighted by atomic mass is 35.5. The molecule has 1 fully saturated rings. The van der Waals surface area contributed by atoms with Crippen LogP contribution >= 0.6 is 11.6 Å². The maximum Gasteiger partial charge on any atom is 0.418 e. The van der Waals surface area contributed by atoms with Crippen LogP contribution in [0.2, 0.25) is 5.02 Å². The van der Waals surface area contributed by atoms with Crippen molar-refractivity contribution < 1.29 is 13.2 Å². The molecule has 1 aliphatic heterocycles. The second kappa shape index (κ2) is 7.07. The summed E-state index contributed by atoms with van der Waals surface area (Å²) < 4.78 is 39.6. The molecular weight excluding hydrogens is 353 g/mol. The molecule has 1 aliphatic rings. The zero-order chi connectivity index (χ0) is 18.0. The van der Waals surface area contributed by atoms with Crippen LogP contribution in [0.15, 0.2) is 30.6 Å². The Labute approximate surface area is 149 Å². The lowest BCUT2D eigenvalue weighted by Crippen LogP contribution is -2.33. The van der Waals surface area contributed by atoms with Gasteiger partial charge in [-0.05, 0) is 37.0 Å². The molecule has 134 valence electrons. The first-order chi connectivity index (χ1) is 11.8. The average Bonchev–Trinajstić information content (AvgIpc) is 2.56. The third-order valence-electron chi connectivity index (χ3n) is 4.31. The van der Waals surface area contributed by atoms with Gasteiger partial charge in [0.1, 0.15) is 18.0 Å². The van der Waals surface area contributed by atoms with Crippen LogP contribution in [-0.4, -0.2) is 23.1 Å². The van der Waals surface area contributed by atoms with Gasteiger partial charge >= 0.3 is 6.18 Å². The van der Waals surface area contributed by atoms with Crippen LogP contribution in [0.25, 0.3) is 0 Å². The van der Waals surface area contributed by atoms with Crippen molar-refractivity contribution in [3.8, 4) is 0 Å². The van der Waals surface area contributed by atoms with Crippen LogP contribution in [0.4, 0.5) is 30.5 Å². The Bertz CT molecular complexity index is 743. The summed E-state index contributed by atoms with van der Waals surface area (Å²) in [5, 5.41) is 2.77. The van der Waals surface area contributed by atoms with Gasteiger partial charge in [-0.2, -0.15) is 13.2 Å². The third-order valence-corrected chi connectivity index (χ3v) is 4.55. The van der Waals surface area contributed by atoms with Crippen molar-refractivity contribution in [2.45, 2.75) is 25.9 Å². The fraction of sp³-hybridized carbons (Fsp3) is 0.412. The largest absolute Gasteiger partial charge is 0.418 e. The minimum Gasteiger partial charge on any atom is -0.356 e. The molecule has 3 rings (SSSR count). The van der Waals surface area contributed by atoms with Crippen molar-refractivity contribution in [2.75, 3.05) is 23.3 Å². The summed E-state index contributed by atoms with van der Waals surface area (Å²) in [6, 6.07) is 5.28. The van der Waals surface area contributed by atoms with Crippen molar-refractivity contribution >= 4 is 28.9 Å². The predicted molar refractivity (Wildman–Crippen MR) is 92.4 cm³/mol. The van der Waals surface area contributed by atoms with E-state index in [1.807, 2.05) is 0 Å². The van der Waals surface area contributed by atoms with Crippen LogP contribution in [0.5, 0.6) is 0 Å². The summed E-state index contributed by atoms with van der Waals surface area (Å²) in [5.41, 5.74) is -0.916. The van der Waals surface area contributed by atoms with Crippen molar-refractivity contribution in [3.63, 3.8) is 0 Å². The van der Waals surface area contributed by atoms with E-state index in [0.717, 1.165) is 32.0 Å². The zero-order valence-corrected chi connectivity index (χ0v) is 14.4. The number of alkyl halides is 3. The minimum atomic E-state index is -4.51. The van der Waals surface area contributed by atoms with Crippen LogP contribution in [0.1, 0.15) is 25.3 Å². The quantitative estimate of drug-likeness (QED) is 0.813. The Morgan fingerprint density at radius 2 is 1.88 bits per heavy atom. The Kier molecular flexibility index (Phi) is 5.03. The maximum absolute atomic E-state index is 13.2. The summed E-state index contributed by atoms with van der Waals surface area (Å²) in [5.74, 6) is 1.71. The molecule has 0 aliphatic carbocycles. The minimum absolute atomic E-state index is 0.0312. The number of hydrogen-bond acceptors (Lipinski definition) is 4. The van der Waals surface area contributed by atoms with E-state index in [0.29, 0.717) is 17.6 Å². The Morgan fingerprint density at radius 1 is 1.16 bits per heavy atom. The highest BCUT2D eigenvalue weighted by Gasteiger charge is 2.34. The van der Waals surface area contributed by atoms with E-state index in [1.165, 1.54) is 18.5 Å². The molecule has 0 atom stereocenters. The molecule has 2 heterocycles. The monoisotopic (exact) mass is 370 g/mol. The normalized spacial score (nSPS) is 16.1. The fourth-order valence-electron chi connectivity index (χ4n) is 2.82. The standard InChI is InChI=1S/C17H18ClF3N4/c1-11-4-6-25(7-5-11)16-9-15(22-10-23-16)24-14-3-2-12(18)8-13(14)17(19,20)21/h2-3,8-11H,4-7H2,1H3,(H,22,23,24). The fourth-order valence-corrected chi connectivity index (χ4v) is 3.00. The van der Waals surface area contributed by atoms with E-state index in [9.17, 15) is 13.2 Å². The van der Waals surface area contributed by atoms with Gasteiger partial charge in [-0.15, -0.1) is 0 Å². The molecule has 1 N–H and O–H groups in total. The maximum atomic E-state index is 13.2. The number of hydrogen-bond donors (Lipinski definition) is 1. The van der Waals surface area contributed by atoms with Crippen molar-refractivity contribution in [1.29, 1.82) is 0 Å². The highest BCUT2D eigenvalue weighted by molar-refractivity contribution is 6.30. The summed E-state index contributed by atoms with van der Waals surface area (Å²) in [6.45, 7) is 3.97. The van der Waals surface area contributed by atoms with Crippen molar-refractivity contribution in [2.24, 2.45) is 5.92 Å². The van der Waals surface area contributed by atoms with Gasteiger partial charge in [0.2, 0.25) is 0 Å². The second-order valence-corrected chi connectivity index (χ2v) is 6.68. The van der Waals surface area contributed by atoms with Crippen molar-refractivity contribution in [3.05, 3.63) is 41.2 Å². The summed E-state index contributed by atoms with van der Waals surface area (Å²) in [6.07, 6.45) is -1.00. The molecular formula is C17H18ClF3N4. The van der Waals surface area contributed by atoms with E-state index in [2.05, 4.69) is 27.1 Å². The average molecular weight is 371 g/mol. The zero-order valence-electron chi connectivity index (χ0n) is 13.6. The highest BCUT2D eigenvalue weighted by Crippen LogP contribution is 2.37. The molecule has 25 heavy (non-hydrogen) atoms. The number of anilines is 3. The molecule has 4 nitrogen and oxygen atoms in total. The number of nitrogens with zero attached hydrogens (tertiary/aromatic N) is 3. The lowest BCUT2D eigenvalue weighted by molar-refractivity contribution is -0.136. The molecule has 0 radical (unpaired) electrons. The number of rotatable bonds is 3. The summed E-state index contributed by atoms with van der Waals surface area (Å²) >= 11 is 5.70. The number of aromatic nitrogens is 2. The third kappa shape index (κ3) is 4.34. The van der Waals surface area contributed by atoms with Gasteiger partial charge in [0.05, 0.1) is 11.3 Å². The number of piperidine rings is 1. The van der Waals surface area contributed by atoms with E-state index >= 15 is 0 Å². The Balaban J connectivity index is 1.84. The SMILES string of the molecule is CC1CCN(c2cc(Nc3ccc(Cl)cc3C(F)(F)F)ncn2)CC1. The van der Waals surface area contributed by atoms with Gasteiger partial charge in [0.25, 0.3) is 0 Å². The molecule has 0 amide bonds. The Morgan fingerprint density at radius 3 is 2.56 bits per heavy atom. The van der Waals surface area contributed by atoms with Gasteiger partial charge in [-0.3, -0.25) is 0 Å². The van der Waals surface area contributed by atoms with E-state index in [-0.39, 0.29) is 10.7 Å². The van der Waals surface area contributed by atoms with E-state index in [1.54, 1.807) is 6.07 Å². The van der Waals surface area contributed by atoms with Gasteiger partial charge < -0.3 is 10.2 Å². The number of benzene rings is 1. The predicted octanol–water partition coefficient (Wildman–Crippen LogP) is 5.13. The van der Waals surface area contributed by atoms with Crippen LogP contribution in [0, 0.1) is 5.92 Å². The van der Waals surface area contributed by atoms with Gasteiger partial charge in [0.15, 0.2) is 0 Å². The molecule has 0 unspecified atom stereocenters. The summed E-state index contributed by atoms with van der Waals surface area (Å²) in [7, 11) is 0. The van der Waals surface area contributed by atoms with Crippen LogP contribution in [0.3, 0.4) is 0 Å². The molecule has 0 bridgehead atoms. The van der Waals surface area contributed by atoms with Gasteiger partial charge in [0, 0.05) is 24.2 Å². The first kappa shape index (κ1) is 17.8. The Hall–Kier alpha value is -2.02. The topological polar surface area (TPSA) is 41.0 Å². The van der Waals surface area contributed by atoms with Gasteiger partial charge in [-0.1, -0.05) is 18.5 Å². The molecule has 0 saturated carbocycles. The smallest absolute Gasteiger partial charge is 0.356 e. The van der Waals surface area contributed by atoms with E-state index < -0.39 is 11.7 Å². The van der Waals surface area contributed by atoms with Crippen LogP contribution < -0.4 is 10.2 Å². The van der Waals surface area contributed by atoms with E-state index in [4.69, 9.17) is 11.6 Å². The summed E-state index contributed by atoms with van der Waals surface area (Å²) in [4.78, 5) is 10.4. The first-order valence-corrected chi connectivity index (χ1v) is 8.41. The molecule has 1 aromatic carbocycles. The first-order valence-electron chi connectivity index (χ1n) is 8.03. The van der Waals surface area contributed by atoms with Gasteiger partial charge in [-0.25, -0.2) is 9.97 Å². The second-order valence-electron chi connectivity index (χ2n) is 6.24. The lowest BCUT2D eigenvalue weighted by atomic mass is 9.99. The lowest BCUT2D eigenvalue weighted by Gasteiger charge is -2.31. The number of nitrogens with one attached hydrogen (secondary N) is 1. The molecule has 8 heteroatoms. The van der Waals surface area contributed by atoms with Crippen LogP contribution in [-0.2, 0) is 6.18 Å². The molecule has 2 aromatic rings. The molecule has 1 aromatic heterocycles. The van der Waals surface area contributed by atoms with Crippen molar-refractivity contribution in [1.82, 2.24) is 9.97 Å². The molecule has 1 saturated heterocycles. The molecule has 0 spiro atoms. The number of halogens is 4.